The van der Waals surface area contributed by atoms with Gasteiger partial charge in [0, 0.05) is 12.5 Å². The van der Waals surface area contributed by atoms with E-state index >= 15 is 0 Å². The van der Waals surface area contributed by atoms with Gasteiger partial charge >= 0.3 is 0 Å². The number of hydrogen-bond acceptors (Lipinski definition) is 2. The molecule has 0 aliphatic heterocycles. The number of amides is 1. The first-order chi connectivity index (χ1) is 6.29. The van der Waals surface area contributed by atoms with Gasteiger partial charge in [-0.05, 0) is 25.8 Å². The molecule has 0 aromatic heterocycles. The number of nitrogens with one attached hydrogen (secondary N) is 1. The molecule has 0 unspecified atom stereocenters. The normalized spacial score (nSPS) is 18.8. The Bertz CT molecular complexity index is 153. The molecule has 1 amide bonds. The minimum atomic E-state index is -0.189. The minimum absolute atomic E-state index is 0.189. The zero-order chi connectivity index (χ0) is 9.52. The summed E-state index contributed by atoms with van der Waals surface area (Å²) in [5.74, 6) is -0.189. The molecule has 3 heteroatoms. The van der Waals surface area contributed by atoms with Crippen molar-refractivity contribution in [3.63, 3.8) is 0 Å². The van der Waals surface area contributed by atoms with E-state index in [4.69, 9.17) is 5.73 Å². The van der Waals surface area contributed by atoms with Crippen LogP contribution in [0.25, 0.3) is 0 Å². The van der Waals surface area contributed by atoms with Gasteiger partial charge in [-0.1, -0.05) is 19.3 Å². The Kier molecular flexibility index (Phi) is 4.83. The van der Waals surface area contributed by atoms with Gasteiger partial charge in [0.05, 0.1) is 0 Å². The summed E-state index contributed by atoms with van der Waals surface area (Å²) in [6, 6.07) is 0.696. The molecular weight excluding hydrogens is 164 g/mol. The van der Waals surface area contributed by atoms with Crippen molar-refractivity contribution in [1.29, 1.82) is 0 Å². The maximum Gasteiger partial charge on any atom is 0.217 e. The van der Waals surface area contributed by atoms with E-state index in [2.05, 4.69) is 5.32 Å². The second-order valence-corrected chi connectivity index (χ2v) is 3.86. The molecule has 1 aliphatic rings. The zero-order valence-electron chi connectivity index (χ0n) is 8.22. The molecule has 1 rings (SSSR count). The van der Waals surface area contributed by atoms with E-state index in [1.165, 1.54) is 32.1 Å². The molecule has 0 radical (unpaired) electrons. The standard InChI is InChI=1S/C10H20N2O/c11-10(13)7-4-8-12-9-5-2-1-3-6-9/h9,12H,1-8H2,(H2,11,13). The van der Waals surface area contributed by atoms with E-state index in [-0.39, 0.29) is 5.91 Å². The van der Waals surface area contributed by atoms with Crippen LogP contribution in [0.1, 0.15) is 44.9 Å². The van der Waals surface area contributed by atoms with Crippen molar-refractivity contribution in [3.05, 3.63) is 0 Å². The van der Waals surface area contributed by atoms with E-state index in [1.54, 1.807) is 0 Å². The third-order valence-electron chi connectivity index (χ3n) is 2.64. The zero-order valence-corrected chi connectivity index (χ0v) is 8.22. The second kappa shape index (κ2) is 5.97. The van der Waals surface area contributed by atoms with Crippen LogP contribution in [0.3, 0.4) is 0 Å². The summed E-state index contributed by atoms with van der Waals surface area (Å²) in [6.07, 6.45) is 8.10. The largest absolute Gasteiger partial charge is 0.370 e. The van der Waals surface area contributed by atoms with Gasteiger partial charge in [-0.15, -0.1) is 0 Å². The Morgan fingerprint density at radius 1 is 1.31 bits per heavy atom. The van der Waals surface area contributed by atoms with Gasteiger partial charge in [0.15, 0.2) is 0 Å². The summed E-state index contributed by atoms with van der Waals surface area (Å²) in [7, 11) is 0. The topological polar surface area (TPSA) is 55.1 Å². The lowest BCUT2D eigenvalue weighted by Gasteiger charge is -2.22. The smallest absolute Gasteiger partial charge is 0.217 e. The fraction of sp³-hybridized carbons (Fsp3) is 0.900. The predicted molar refractivity (Wildman–Crippen MR) is 53.3 cm³/mol. The molecule has 0 heterocycles. The average molecular weight is 184 g/mol. The van der Waals surface area contributed by atoms with Crippen molar-refractivity contribution >= 4 is 5.91 Å². The maximum atomic E-state index is 10.4. The quantitative estimate of drug-likeness (QED) is 0.630. The molecule has 76 valence electrons. The molecule has 13 heavy (non-hydrogen) atoms. The van der Waals surface area contributed by atoms with Gasteiger partial charge in [0.25, 0.3) is 0 Å². The van der Waals surface area contributed by atoms with Crippen molar-refractivity contribution < 1.29 is 4.79 Å². The summed E-state index contributed by atoms with van der Waals surface area (Å²) < 4.78 is 0. The number of carbonyl (C=O) groups excluding carboxylic acids is 1. The molecule has 0 saturated heterocycles. The Hall–Kier alpha value is -0.570. The van der Waals surface area contributed by atoms with Crippen molar-refractivity contribution in [3.8, 4) is 0 Å². The van der Waals surface area contributed by atoms with Crippen LogP contribution in [0.2, 0.25) is 0 Å². The van der Waals surface area contributed by atoms with Gasteiger partial charge < -0.3 is 11.1 Å². The number of primary amides is 1. The molecule has 0 aromatic rings. The van der Waals surface area contributed by atoms with Gasteiger partial charge in [0.1, 0.15) is 0 Å². The first kappa shape index (κ1) is 10.5. The minimum Gasteiger partial charge on any atom is -0.370 e. The van der Waals surface area contributed by atoms with Gasteiger partial charge in [-0.2, -0.15) is 0 Å². The van der Waals surface area contributed by atoms with Crippen molar-refractivity contribution in [2.45, 2.75) is 51.0 Å². The summed E-state index contributed by atoms with van der Waals surface area (Å²) in [5.41, 5.74) is 5.04. The first-order valence-electron chi connectivity index (χ1n) is 5.31. The highest BCUT2D eigenvalue weighted by Gasteiger charge is 2.11. The molecule has 0 bridgehead atoms. The van der Waals surface area contributed by atoms with Crippen molar-refractivity contribution in [2.24, 2.45) is 5.73 Å². The third-order valence-corrected chi connectivity index (χ3v) is 2.64. The van der Waals surface area contributed by atoms with E-state index < -0.39 is 0 Å². The number of hydrogen-bond donors (Lipinski definition) is 2. The van der Waals surface area contributed by atoms with Crippen molar-refractivity contribution in [1.82, 2.24) is 5.32 Å². The summed E-state index contributed by atoms with van der Waals surface area (Å²) in [4.78, 5) is 10.4. The van der Waals surface area contributed by atoms with Crippen LogP contribution in [-0.4, -0.2) is 18.5 Å². The number of rotatable bonds is 5. The predicted octanol–water partition coefficient (Wildman–Crippen LogP) is 1.17. The summed E-state index contributed by atoms with van der Waals surface area (Å²) in [6.45, 7) is 0.938. The fourth-order valence-corrected chi connectivity index (χ4v) is 1.88. The van der Waals surface area contributed by atoms with Crippen LogP contribution in [0.5, 0.6) is 0 Å². The highest BCUT2D eigenvalue weighted by molar-refractivity contribution is 5.73. The molecule has 0 aromatic carbocycles. The maximum absolute atomic E-state index is 10.4. The molecule has 3 nitrogen and oxygen atoms in total. The molecular formula is C10H20N2O. The Morgan fingerprint density at radius 2 is 2.00 bits per heavy atom. The van der Waals surface area contributed by atoms with Crippen LogP contribution in [-0.2, 0) is 4.79 Å². The van der Waals surface area contributed by atoms with E-state index in [0.29, 0.717) is 12.5 Å². The Balaban J connectivity index is 1.95. The highest BCUT2D eigenvalue weighted by Crippen LogP contribution is 2.17. The molecule has 0 atom stereocenters. The molecule has 1 aliphatic carbocycles. The monoisotopic (exact) mass is 184 g/mol. The van der Waals surface area contributed by atoms with E-state index in [9.17, 15) is 4.79 Å². The second-order valence-electron chi connectivity index (χ2n) is 3.86. The Labute approximate surface area is 80.1 Å². The summed E-state index contributed by atoms with van der Waals surface area (Å²) >= 11 is 0. The first-order valence-corrected chi connectivity index (χ1v) is 5.31. The number of carbonyl (C=O) groups is 1. The van der Waals surface area contributed by atoms with Crippen molar-refractivity contribution in [2.75, 3.05) is 6.54 Å². The fourth-order valence-electron chi connectivity index (χ4n) is 1.88. The number of nitrogens with two attached hydrogens (primary N) is 1. The van der Waals surface area contributed by atoms with Crippen LogP contribution in [0.15, 0.2) is 0 Å². The third kappa shape index (κ3) is 4.88. The lowest BCUT2D eigenvalue weighted by atomic mass is 9.95. The lowest BCUT2D eigenvalue weighted by Crippen LogP contribution is -2.32. The molecule has 1 fully saturated rings. The van der Waals surface area contributed by atoms with Crippen LogP contribution >= 0.6 is 0 Å². The SMILES string of the molecule is NC(=O)CCCNC1CCCCC1. The average Bonchev–Trinajstić information content (AvgIpc) is 2.14. The van der Waals surface area contributed by atoms with E-state index in [1.807, 2.05) is 0 Å². The summed E-state index contributed by atoms with van der Waals surface area (Å²) in [5, 5.41) is 3.47. The molecule has 3 N–H and O–H groups in total. The highest BCUT2D eigenvalue weighted by atomic mass is 16.1. The van der Waals surface area contributed by atoms with Crippen LogP contribution < -0.4 is 11.1 Å². The van der Waals surface area contributed by atoms with E-state index in [0.717, 1.165) is 13.0 Å². The van der Waals surface area contributed by atoms with Crippen LogP contribution in [0, 0.1) is 0 Å². The van der Waals surface area contributed by atoms with Gasteiger partial charge in [-0.25, -0.2) is 0 Å². The lowest BCUT2D eigenvalue weighted by molar-refractivity contribution is -0.118. The van der Waals surface area contributed by atoms with Crippen LogP contribution in [0.4, 0.5) is 0 Å². The molecule has 0 spiro atoms. The Morgan fingerprint density at radius 3 is 2.62 bits per heavy atom. The molecule has 1 saturated carbocycles. The van der Waals surface area contributed by atoms with Gasteiger partial charge in [-0.3, -0.25) is 4.79 Å². The van der Waals surface area contributed by atoms with Gasteiger partial charge in [0.2, 0.25) is 5.91 Å².